The summed E-state index contributed by atoms with van der Waals surface area (Å²) >= 11 is 8.17. The van der Waals surface area contributed by atoms with Crippen LogP contribution in [0.4, 0.5) is 0 Å². The maximum atomic E-state index is 12.7. The number of thioether (sulfide) groups is 1. The minimum absolute atomic E-state index is 0.0907. The largest absolute Gasteiger partial charge is 0.480 e. The van der Waals surface area contributed by atoms with Gasteiger partial charge >= 0.3 is 11.9 Å². The molecule has 1 fully saturated rings. The summed E-state index contributed by atoms with van der Waals surface area (Å²) < 4.78 is 0. The van der Waals surface area contributed by atoms with Crippen LogP contribution in [0.25, 0.3) is 0 Å². The van der Waals surface area contributed by atoms with E-state index in [-0.39, 0.29) is 17.0 Å². The number of aryl methyl sites for hydroxylation is 1. The summed E-state index contributed by atoms with van der Waals surface area (Å²) in [6, 6.07) is -1.38. The second-order valence-corrected chi connectivity index (χ2v) is 9.56. The van der Waals surface area contributed by atoms with Crippen LogP contribution in [0.5, 0.6) is 0 Å². The van der Waals surface area contributed by atoms with Crippen molar-refractivity contribution >= 4 is 58.0 Å². The van der Waals surface area contributed by atoms with E-state index >= 15 is 0 Å². The van der Waals surface area contributed by atoms with E-state index in [2.05, 4.69) is 15.5 Å². The Bertz CT molecular complexity index is 917. The number of carbonyl (C=O) groups excluding carboxylic acids is 1. The number of nitrogens with zero attached hydrogens (tertiary/aromatic N) is 3. The molecule has 0 radical (unpaired) electrons. The average Bonchev–Trinajstić information content (AvgIpc) is 3.14. The van der Waals surface area contributed by atoms with Gasteiger partial charge in [0.15, 0.2) is 5.01 Å². The number of fused-ring (bicyclic) bond motifs is 1. The van der Waals surface area contributed by atoms with E-state index in [0.717, 1.165) is 5.01 Å². The van der Waals surface area contributed by atoms with Gasteiger partial charge in [-0.05, 0) is 26.3 Å². The minimum Gasteiger partial charge on any atom is -0.480 e. The molecular weight excluding hydrogens is 450 g/mol. The van der Waals surface area contributed by atoms with E-state index in [1.807, 2.05) is 0 Å². The van der Waals surface area contributed by atoms with Crippen molar-refractivity contribution < 1.29 is 24.6 Å². The van der Waals surface area contributed by atoms with Gasteiger partial charge in [-0.15, -0.1) is 22.0 Å². The lowest BCUT2D eigenvalue weighted by Gasteiger charge is -2.49. The van der Waals surface area contributed by atoms with Gasteiger partial charge in [-0.3, -0.25) is 14.5 Å². The number of β-lactam (4-membered cyclic amide) rings is 1. The van der Waals surface area contributed by atoms with Crippen LogP contribution in [0.15, 0.2) is 11.3 Å². The van der Waals surface area contributed by atoms with Gasteiger partial charge in [-0.1, -0.05) is 30.0 Å². The first-order chi connectivity index (χ1) is 14.2. The molecule has 30 heavy (non-hydrogen) atoms. The van der Waals surface area contributed by atoms with Crippen LogP contribution in [0.3, 0.4) is 0 Å². The first-order valence-electron chi connectivity index (χ1n) is 9.20. The van der Waals surface area contributed by atoms with Crippen LogP contribution in [-0.4, -0.2) is 77.8 Å². The fraction of sp³-hybridized carbons (Fsp3) is 0.529. The van der Waals surface area contributed by atoms with E-state index in [1.165, 1.54) is 28.0 Å². The van der Waals surface area contributed by atoms with E-state index in [9.17, 15) is 19.5 Å². The van der Waals surface area contributed by atoms with Crippen molar-refractivity contribution in [2.24, 2.45) is 5.73 Å². The third kappa shape index (κ3) is 4.54. The maximum absolute atomic E-state index is 12.7. The Balaban J connectivity index is 1.63. The molecule has 13 heteroatoms. The fourth-order valence-electron chi connectivity index (χ4n) is 3.24. The Morgan fingerprint density at radius 3 is 2.70 bits per heavy atom. The molecule has 1 unspecified atom stereocenters. The van der Waals surface area contributed by atoms with Gasteiger partial charge in [0.05, 0.1) is 4.86 Å². The van der Waals surface area contributed by atoms with Crippen molar-refractivity contribution in [2.45, 2.75) is 43.6 Å². The molecule has 5 N–H and O–H groups in total. The third-order valence-electron chi connectivity index (χ3n) is 4.79. The number of thiocarbonyl (C=S) groups is 1. The monoisotopic (exact) mass is 471 g/mol. The number of nitrogens with one attached hydrogen (secondary N) is 1. The van der Waals surface area contributed by atoms with E-state index in [0.29, 0.717) is 47.0 Å². The van der Waals surface area contributed by atoms with E-state index in [1.54, 1.807) is 6.92 Å². The van der Waals surface area contributed by atoms with Gasteiger partial charge in [0.25, 0.3) is 0 Å². The summed E-state index contributed by atoms with van der Waals surface area (Å²) in [4.78, 5) is 36.9. The van der Waals surface area contributed by atoms with E-state index in [4.69, 9.17) is 23.1 Å². The molecule has 3 heterocycles. The number of hydrogen-bond acceptors (Lipinski definition) is 10. The maximum Gasteiger partial charge on any atom is 0.353 e. The highest BCUT2D eigenvalue weighted by molar-refractivity contribution is 8.00. The molecule has 162 valence electrons. The van der Waals surface area contributed by atoms with Crippen LogP contribution in [-0.2, 0) is 14.4 Å². The zero-order valence-corrected chi connectivity index (χ0v) is 18.5. The van der Waals surface area contributed by atoms with Crippen LogP contribution >= 0.6 is 35.3 Å². The van der Waals surface area contributed by atoms with Gasteiger partial charge in [0.1, 0.15) is 28.2 Å². The lowest BCUT2D eigenvalue weighted by atomic mass is 10.0. The number of nitrogens with two attached hydrogens (primary N) is 1. The Hall–Kier alpha value is -1.93. The van der Waals surface area contributed by atoms with Crippen LogP contribution in [0, 0.1) is 6.92 Å². The van der Waals surface area contributed by atoms with Crippen molar-refractivity contribution in [3.05, 3.63) is 21.3 Å². The summed E-state index contributed by atoms with van der Waals surface area (Å²) in [6.07, 6.45) is 1.64. The smallest absolute Gasteiger partial charge is 0.353 e. The number of carbonyl (C=O) groups is 3. The predicted octanol–water partition coefficient (Wildman–Crippen LogP) is 0.359. The third-order valence-corrected chi connectivity index (χ3v) is 7.49. The molecule has 1 aromatic heterocycles. The molecule has 2 aliphatic heterocycles. The molecule has 0 aromatic carbocycles. The second kappa shape index (κ2) is 9.47. The van der Waals surface area contributed by atoms with Gasteiger partial charge in [0, 0.05) is 11.3 Å². The van der Waals surface area contributed by atoms with Crippen molar-refractivity contribution in [1.29, 1.82) is 0 Å². The van der Waals surface area contributed by atoms with Crippen LogP contribution in [0.2, 0.25) is 0 Å². The molecule has 2 aliphatic rings. The number of rotatable bonds is 10. The van der Waals surface area contributed by atoms with E-state index < -0.39 is 24.0 Å². The van der Waals surface area contributed by atoms with Gasteiger partial charge < -0.3 is 21.3 Å². The number of amides is 1. The van der Waals surface area contributed by atoms with Crippen molar-refractivity contribution in [3.8, 4) is 0 Å². The number of carboxylic acid groups (broad SMARTS) is 2. The molecule has 3 rings (SSSR count). The first-order valence-corrected chi connectivity index (χ1v) is 11.5. The van der Waals surface area contributed by atoms with Gasteiger partial charge in [-0.2, -0.15) is 0 Å². The van der Waals surface area contributed by atoms with Crippen molar-refractivity contribution in [2.75, 3.05) is 12.3 Å². The minimum atomic E-state index is -1.20. The van der Waals surface area contributed by atoms with Crippen LogP contribution < -0.4 is 11.1 Å². The Morgan fingerprint density at radius 1 is 1.37 bits per heavy atom. The molecule has 0 spiro atoms. The number of aromatic nitrogens is 2. The Kier molecular flexibility index (Phi) is 7.18. The molecule has 0 saturated carbocycles. The first kappa shape index (κ1) is 22.7. The summed E-state index contributed by atoms with van der Waals surface area (Å²) in [5.74, 6) is -2.19. The normalized spacial score (nSPS) is 21.8. The highest BCUT2D eigenvalue weighted by Gasteiger charge is 2.53. The topological polar surface area (TPSA) is 159 Å². The molecule has 0 aliphatic carbocycles. The number of carboxylic acids is 2. The summed E-state index contributed by atoms with van der Waals surface area (Å²) in [5.41, 5.74) is 5.78. The SMILES string of the molecule is Cc1nnc(C(=S)C2=C(C(=O)O)N3C(=O)[C@@H](NCCCCC(N)C(=O)O)[C@@H]3SC2)s1. The molecule has 3 atom stereocenters. The van der Waals surface area contributed by atoms with Crippen molar-refractivity contribution in [1.82, 2.24) is 20.4 Å². The van der Waals surface area contributed by atoms with Crippen molar-refractivity contribution in [3.63, 3.8) is 0 Å². The number of hydrogen-bond donors (Lipinski definition) is 4. The molecule has 0 bridgehead atoms. The highest BCUT2D eigenvalue weighted by Crippen LogP contribution is 2.41. The average molecular weight is 472 g/mol. The Labute approximate surface area is 185 Å². The van der Waals surface area contributed by atoms with Gasteiger partial charge in [0.2, 0.25) is 5.91 Å². The molecule has 1 amide bonds. The molecule has 1 aromatic rings. The fourth-order valence-corrected chi connectivity index (χ4v) is 5.70. The highest BCUT2D eigenvalue weighted by atomic mass is 32.2. The zero-order valence-electron chi connectivity index (χ0n) is 16.0. The lowest BCUT2D eigenvalue weighted by Crippen LogP contribution is -2.70. The summed E-state index contributed by atoms with van der Waals surface area (Å²) in [5, 5.41) is 30.4. The predicted molar refractivity (Wildman–Crippen MR) is 115 cm³/mol. The summed E-state index contributed by atoms with van der Waals surface area (Å²) in [6.45, 7) is 2.29. The number of unbranched alkanes of at least 4 members (excludes halogenated alkanes) is 1. The van der Waals surface area contributed by atoms with Crippen LogP contribution in [0.1, 0.15) is 29.3 Å². The number of aliphatic carboxylic acids is 2. The summed E-state index contributed by atoms with van der Waals surface area (Å²) in [7, 11) is 0. The molecular formula is C17H21N5O5S3. The van der Waals surface area contributed by atoms with Gasteiger partial charge in [-0.25, -0.2) is 4.79 Å². The zero-order chi connectivity index (χ0) is 22.0. The lowest BCUT2D eigenvalue weighted by molar-refractivity contribution is -0.149. The Morgan fingerprint density at radius 2 is 2.10 bits per heavy atom. The molecule has 1 saturated heterocycles. The quantitative estimate of drug-likeness (QED) is 0.161. The molecule has 10 nitrogen and oxygen atoms in total. The standard InChI is InChI=1S/C17H21N5O5S3/c1-7-20-21-13(30-7)12(28)8-6-29-15-10(14(23)22(15)11(8)17(26)27)19-5-3-2-4-9(18)16(24)25/h9-10,15,19H,2-6,18H2,1H3,(H,24,25)(H,26,27)/t9?,10-,15+/m1/s1. The second-order valence-electron chi connectivity index (χ2n) is 6.87.